The highest BCUT2D eigenvalue weighted by Gasteiger charge is 2.28. The van der Waals surface area contributed by atoms with E-state index in [1.807, 2.05) is 30.3 Å². The summed E-state index contributed by atoms with van der Waals surface area (Å²) in [5, 5.41) is 6.27. The molecule has 2 N–H and O–H groups in total. The van der Waals surface area contributed by atoms with E-state index in [4.69, 9.17) is 14.2 Å². The SMILES string of the molecule is CN=C(NCc1cccc(OCCOC)c1)NCc1ccc(C)cc1OCC(F)(F)F. The number of aryl methyl sites for hydroxylation is 1. The maximum Gasteiger partial charge on any atom is 0.422 e. The summed E-state index contributed by atoms with van der Waals surface area (Å²) in [6.07, 6.45) is -4.39. The average Bonchev–Trinajstić information content (AvgIpc) is 2.73. The van der Waals surface area contributed by atoms with E-state index in [0.717, 1.165) is 16.9 Å². The molecule has 0 amide bonds. The summed E-state index contributed by atoms with van der Waals surface area (Å²) in [7, 11) is 3.24. The Morgan fingerprint density at radius 3 is 2.48 bits per heavy atom. The first kappa shape index (κ1) is 24.3. The van der Waals surface area contributed by atoms with Crippen molar-refractivity contribution in [3.05, 3.63) is 59.2 Å². The van der Waals surface area contributed by atoms with Crippen molar-refractivity contribution in [3.63, 3.8) is 0 Å². The first-order valence-electron chi connectivity index (χ1n) is 9.75. The molecule has 0 unspecified atom stereocenters. The van der Waals surface area contributed by atoms with E-state index in [1.54, 1.807) is 33.2 Å². The average molecular weight is 439 g/mol. The van der Waals surface area contributed by atoms with Crippen LogP contribution in [0.4, 0.5) is 13.2 Å². The van der Waals surface area contributed by atoms with Gasteiger partial charge in [-0.25, -0.2) is 0 Å². The van der Waals surface area contributed by atoms with Gasteiger partial charge in [0.05, 0.1) is 6.61 Å². The largest absolute Gasteiger partial charge is 0.491 e. The van der Waals surface area contributed by atoms with E-state index in [1.165, 1.54) is 0 Å². The number of guanidine groups is 1. The third-order valence-corrected chi connectivity index (χ3v) is 4.20. The summed E-state index contributed by atoms with van der Waals surface area (Å²) < 4.78 is 53.2. The molecule has 0 atom stereocenters. The molecule has 0 aliphatic heterocycles. The lowest BCUT2D eigenvalue weighted by Gasteiger charge is -2.16. The van der Waals surface area contributed by atoms with Crippen molar-refractivity contribution in [1.29, 1.82) is 0 Å². The molecule has 0 spiro atoms. The molecule has 6 nitrogen and oxygen atoms in total. The zero-order valence-electron chi connectivity index (χ0n) is 17.9. The number of rotatable bonds is 10. The molecule has 0 aliphatic rings. The number of ether oxygens (including phenoxy) is 3. The Morgan fingerprint density at radius 1 is 1.00 bits per heavy atom. The van der Waals surface area contributed by atoms with Gasteiger partial charge in [-0.2, -0.15) is 13.2 Å². The van der Waals surface area contributed by atoms with Crippen molar-refractivity contribution >= 4 is 5.96 Å². The van der Waals surface area contributed by atoms with Gasteiger partial charge < -0.3 is 24.8 Å². The van der Waals surface area contributed by atoms with E-state index in [0.29, 0.717) is 31.3 Å². The highest BCUT2D eigenvalue weighted by atomic mass is 19.4. The van der Waals surface area contributed by atoms with Crippen LogP contribution in [0.25, 0.3) is 0 Å². The van der Waals surface area contributed by atoms with E-state index >= 15 is 0 Å². The highest BCUT2D eigenvalue weighted by molar-refractivity contribution is 5.79. The molecule has 0 saturated heterocycles. The van der Waals surface area contributed by atoms with Gasteiger partial charge >= 0.3 is 6.18 Å². The Bertz CT molecular complexity index is 857. The van der Waals surface area contributed by atoms with Crippen LogP contribution >= 0.6 is 0 Å². The standard InChI is InChI=1S/C22H28F3N3O3/c1-16-7-8-18(20(11-16)31-15-22(23,24)25)14-28-21(26-2)27-13-17-5-4-6-19(12-17)30-10-9-29-3/h4-8,11-12H,9-10,13-15H2,1-3H3,(H2,26,27,28). The van der Waals surface area contributed by atoms with Gasteiger partial charge in [0.25, 0.3) is 0 Å². The summed E-state index contributed by atoms with van der Waals surface area (Å²) >= 11 is 0. The van der Waals surface area contributed by atoms with Gasteiger partial charge in [0, 0.05) is 32.8 Å². The van der Waals surface area contributed by atoms with Crippen LogP contribution in [0.3, 0.4) is 0 Å². The lowest BCUT2D eigenvalue weighted by molar-refractivity contribution is -0.153. The highest BCUT2D eigenvalue weighted by Crippen LogP contribution is 2.23. The lowest BCUT2D eigenvalue weighted by Crippen LogP contribution is -2.36. The van der Waals surface area contributed by atoms with Gasteiger partial charge in [-0.3, -0.25) is 4.99 Å². The molecule has 0 bridgehead atoms. The van der Waals surface area contributed by atoms with E-state index < -0.39 is 12.8 Å². The second-order valence-electron chi connectivity index (χ2n) is 6.78. The molecule has 2 aromatic rings. The summed E-state index contributed by atoms with van der Waals surface area (Å²) in [6, 6.07) is 12.8. The number of hydrogen-bond donors (Lipinski definition) is 2. The summed E-state index contributed by atoms with van der Waals surface area (Å²) in [5.74, 6) is 1.44. The molecular weight excluding hydrogens is 411 g/mol. The number of benzene rings is 2. The Morgan fingerprint density at radius 2 is 1.77 bits per heavy atom. The van der Waals surface area contributed by atoms with Gasteiger partial charge in [-0.05, 0) is 36.2 Å². The van der Waals surface area contributed by atoms with Crippen LogP contribution in [0.1, 0.15) is 16.7 Å². The second kappa shape index (κ2) is 12.0. The smallest absolute Gasteiger partial charge is 0.422 e. The minimum absolute atomic E-state index is 0.196. The predicted molar refractivity (Wildman–Crippen MR) is 114 cm³/mol. The Balaban J connectivity index is 1.92. The first-order chi connectivity index (χ1) is 14.8. The van der Waals surface area contributed by atoms with Crippen LogP contribution in [0.2, 0.25) is 0 Å². The fraction of sp³-hybridized carbons (Fsp3) is 0.409. The molecular formula is C22H28F3N3O3. The molecule has 31 heavy (non-hydrogen) atoms. The number of halogens is 3. The van der Waals surface area contributed by atoms with Crippen LogP contribution in [0, 0.1) is 6.92 Å². The van der Waals surface area contributed by atoms with Crippen LogP contribution in [0.5, 0.6) is 11.5 Å². The summed E-state index contributed by atoms with van der Waals surface area (Å²) in [6.45, 7) is 2.18. The van der Waals surface area contributed by atoms with Crippen LogP contribution in [0.15, 0.2) is 47.5 Å². The molecule has 2 rings (SSSR count). The topological polar surface area (TPSA) is 64.1 Å². The Labute approximate surface area is 180 Å². The van der Waals surface area contributed by atoms with E-state index in [-0.39, 0.29) is 12.3 Å². The van der Waals surface area contributed by atoms with Gasteiger partial charge in [-0.15, -0.1) is 0 Å². The number of methoxy groups -OCH3 is 1. The van der Waals surface area contributed by atoms with Crippen molar-refractivity contribution in [1.82, 2.24) is 10.6 Å². The zero-order valence-corrected chi connectivity index (χ0v) is 17.9. The van der Waals surface area contributed by atoms with Gasteiger partial charge in [0.15, 0.2) is 12.6 Å². The molecule has 0 heterocycles. The fourth-order valence-corrected chi connectivity index (χ4v) is 2.68. The van der Waals surface area contributed by atoms with Crippen molar-refractivity contribution in [3.8, 4) is 11.5 Å². The van der Waals surface area contributed by atoms with Gasteiger partial charge in [0.1, 0.15) is 18.1 Å². The van der Waals surface area contributed by atoms with Crippen LogP contribution in [-0.2, 0) is 17.8 Å². The first-order valence-corrected chi connectivity index (χ1v) is 9.75. The van der Waals surface area contributed by atoms with Crippen LogP contribution in [-0.4, -0.2) is 46.1 Å². The second-order valence-corrected chi connectivity index (χ2v) is 6.78. The minimum atomic E-state index is -4.39. The lowest BCUT2D eigenvalue weighted by atomic mass is 10.1. The Kier molecular flexibility index (Phi) is 9.45. The summed E-state index contributed by atoms with van der Waals surface area (Å²) in [5.41, 5.74) is 2.41. The third kappa shape index (κ3) is 9.17. The van der Waals surface area contributed by atoms with Crippen molar-refractivity contribution < 1.29 is 27.4 Å². The number of aliphatic imine (C=N–C) groups is 1. The summed E-state index contributed by atoms with van der Waals surface area (Å²) in [4.78, 5) is 4.16. The van der Waals surface area contributed by atoms with Gasteiger partial charge in [0.2, 0.25) is 0 Å². The molecule has 0 radical (unpaired) electrons. The van der Waals surface area contributed by atoms with Crippen LogP contribution < -0.4 is 20.1 Å². The number of nitrogens with zero attached hydrogens (tertiary/aromatic N) is 1. The quantitative estimate of drug-likeness (QED) is 0.335. The predicted octanol–water partition coefficient (Wildman–Crippen LogP) is 3.83. The molecule has 0 aromatic heterocycles. The minimum Gasteiger partial charge on any atom is -0.491 e. The van der Waals surface area contributed by atoms with Crippen molar-refractivity contribution in [2.24, 2.45) is 4.99 Å². The molecule has 9 heteroatoms. The number of nitrogens with one attached hydrogen (secondary N) is 2. The molecule has 2 aromatic carbocycles. The number of hydrogen-bond acceptors (Lipinski definition) is 4. The number of alkyl halides is 3. The van der Waals surface area contributed by atoms with Crippen molar-refractivity contribution in [2.45, 2.75) is 26.2 Å². The monoisotopic (exact) mass is 439 g/mol. The normalized spacial score (nSPS) is 11.9. The molecule has 0 fully saturated rings. The fourth-order valence-electron chi connectivity index (χ4n) is 2.68. The van der Waals surface area contributed by atoms with Gasteiger partial charge in [-0.1, -0.05) is 24.3 Å². The Hall–Kier alpha value is -2.94. The maximum absolute atomic E-state index is 12.5. The third-order valence-electron chi connectivity index (χ3n) is 4.20. The maximum atomic E-state index is 12.5. The zero-order chi connectivity index (χ0) is 22.7. The molecule has 0 saturated carbocycles. The molecule has 0 aliphatic carbocycles. The van der Waals surface area contributed by atoms with E-state index in [2.05, 4.69) is 15.6 Å². The van der Waals surface area contributed by atoms with E-state index in [9.17, 15) is 13.2 Å². The van der Waals surface area contributed by atoms with Crippen molar-refractivity contribution in [2.75, 3.05) is 34.0 Å². The molecule has 170 valence electrons.